The van der Waals surface area contributed by atoms with Crippen LogP contribution in [0.15, 0.2) is 12.1 Å². The molecule has 0 spiro atoms. The molecule has 3 heterocycles. The minimum absolute atomic E-state index is 0.0216. The quantitative estimate of drug-likeness (QED) is 0.575. The van der Waals surface area contributed by atoms with E-state index in [9.17, 15) is 14.4 Å². The highest BCUT2D eigenvalue weighted by Crippen LogP contribution is 2.50. The summed E-state index contributed by atoms with van der Waals surface area (Å²) in [5.41, 5.74) is 0.165. The zero-order valence-corrected chi connectivity index (χ0v) is 15.4. The molecular weight excluding hydrogens is 354 g/mol. The van der Waals surface area contributed by atoms with Crippen LogP contribution in [0.25, 0.3) is 0 Å². The van der Waals surface area contributed by atoms with E-state index >= 15 is 0 Å². The lowest BCUT2D eigenvalue weighted by atomic mass is 9.73. The summed E-state index contributed by atoms with van der Waals surface area (Å²) >= 11 is 0. The predicted molar refractivity (Wildman–Crippen MR) is 91.3 cm³/mol. The van der Waals surface area contributed by atoms with Crippen molar-refractivity contribution in [2.75, 3.05) is 27.9 Å². The Morgan fingerprint density at radius 1 is 1.19 bits per heavy atom. The number of carbonyl (C=O) groups excluding carboxylic acids is 3. The molecule has 4 rings (SSSR count). The molecule has 1 aromatic rings. The van der Waals surface area contributed by atoms with Crippen molar-refractivity contribution in [3.8, 4) is 11.5 Å². The molecule has 0 aromatic heterocycles. The summed E-state index contributed by atoms with van der Waals surface area (Å²) in [5, 5.41) is 0. The van der Waals surface area contributed by atoms with Crippen LogP contribution in [0.1, 0.15) is 30.0 Å². The number of carbonyl (C=O) groups is 3. The summed E-state index contributed by atoms with van der Waals surface area (Å²) < 4.78 is 20.9. The number of amides is 1. The SMILES string of the molecule is COC(=O)C12OC(=O)CC1CC1c3cc(OC)c(OC)cc3CCN1C2=O. The van der Waals surface area contributed by atoms with Crippen LogP contribution in [-0.2, 0) is 30.3 Å². The minimum Gasteiger partial charge on any atom is -0.493 e. The zero-order chi connectivity index (χ0) is 19.3. The van der Waals surface area contributed by atoms with Crippen LogP contribution in [-0.4, -0.2) is 56.2 Å². The van der Waals surface area contributed by atoms with Gasteiger partial charge in [0.05, 0.1) is 33.8 Å². The van der Waals surface area contributed by atoms with Crippen LogP contribution >= 0.6 is 0 Å². The van der Waals surface area contributed by atoms with Gasteiger partial charge in [-0.2, -0.15) is 0 Å². The highest BCUT2D eigenvalue weighted by atomic mass is 16.6. The zero-order valence-electron chi connectivity index (χ0n) is 15.4. The van der Waals surface area contributed by atoms with Crippen LogP contribution in [0.5, 0.6) is 11.5 Å². The van der Waals surface area contributed by atoms with Gasteiger partial charge in [0.15, 0.2) is 11.5 Å². The van der Waals surface area contributed by atoms with Crippen LogP contribution in [0.4, 0.5) is 0 Å². The van der Waals surface area contributed by atoms with Gasteiger partial charge in [-0.3, -0.25) is 9.59 Å². The summed E-state index contributed by atoms with van der Waals surface area (Å²) in [6.45, 7) is 0.426. The molecule has 2 fully saturated rings. The molecule has 0 aliphatic carbocycles. The number of hydrogen-bond acceptors (Lipinski definition) is 7. The number of ether oxygens (including phenoxy) is 4. The maximum absolute atomic E-state index is 13.3. The number of methoxy groups -OCH3 is 3. The van der Waals surface area contributed by atoms with E-state index in [2.05, 4.69) is 0 Å². The van der Waals surface area contributed by atoms with Crippen molar-refractivity contribution in [2.24, 2.45) is 5.92 Å². The molecule has 0 saturated carbocycles. The second-order valence-electron chi connectivity index (χ2n) is 7.01. The monoisotopic (exact) mass is 375 g/mol. The first kappa shape index (κ1) is 17.6. The second kappa shape index (κ2) is 6.14. The number of fused-ring (bicyclic) bond motifs is 4. The number of esters is 2. The number of benzene rings is 1. The summed E-state index contributed by atoms with van der Waals surface area (Å²) in [7, 11) is 4.33. The highest BCUT2D eigenvalue weighted by molar-refractivity contribution is 6.10. The van der Waals surface area contributed by atoms with Gasteiger partial charge < -0.3 is 23.8 Å². The van der Waals surface area contributed by atoms with Gasteiger partial charge >= 0.3 is 11.9 Å². The third-order valence-corrected chi connectivity index (χ3v) is 5.84. The first-order valence-corrected chi connectivity index (χ1v) is 8.82. The van der Waals surface area contributed by atoms with Crippen molar-refractivity contribution in [1.29, 1.82) is 0 Å². The molecule has 2 saturated heterocycles. The van der Waals surface area contributed by atoms with E-state index in [4.69, 9.17) is 18.9 Å². The van der Waals surface area contributed by atoms with Crippen molar-refractivity contribution in [2.45, 2.75) is 30.9 Å². The molecule has 1 aromatic carbocycles. The van der Waals surface area contributed by atoms with Gasteiger partial charge in [-0.1, -0.05) is 0 Å². The van der Waals surface area contributed by atoms with Crippen molar-refractivity contribution >= 4 is 17.8 Å². The van der Waals surface area contributed by atoms with Crippen LogP contribution < -0.4 is 9.47 Å². The maximum atomic E-state index is 13.3. The van der Waals surface area contributed by atoms with Gasteiger partial charge in [0, 0.05) is 12.5 Å². The normalized spacial score (nSPS) is 28.6. The molecule has 27 heavy (non-hydrogen) atoms. The average molecular weight is 375 g/mol. The van der Waals surface area contributed by atoms with Gasteiger partial charge in [-0.05, 0) is 36.1 Å². The Morgan fingerprint density at radius 2 is 1.89 bits per heavy atom. The van der Waals surface area contributed by atoms with E-state index in [1.807, 2.05) is 12.1 Å². The summed E-state index contributed by atoms with van der Waals surface area (Å²) in [6, 6.07) is 3.55. The van der Waals surface area contributed by atoms with E-state index in [-0.39, 0.29) is 12.5 Å². The molecule has 144 valence electrons. The number of hydrogen-bond donors (Lipinski definition) is 0. The van der Waals surface area contributed by atoms with Gasteiger partial charge in [0.25, 0.3) is 11.5 Å². The molecule has 3 aliphatic rings. The molecule has 3 unspecified atom stereocenters. The highest BCUT2D eigenvalue weighted by Gasteiger charge is 2.67. The van der Waals surface area contributed by atoms with Crippen molar-refractivity contribution in [1.82, 2.24) is 4.90 Å². The molecule has 0 N–H and O–H groups in total. The lowest BCUT2D eigenvalue weighted by Crippen LogP contribution is -2.63. The lowest BCUT2D eigenvalue weighted by molar-refractivity contribution is -0.191. The third kappa shape index (κ3) is 2.32. The van der Waals surface area contributed by atoms with Gasteiger partial charge in [-0.25, -0.2) is 4.79 Å². The molecule has 8 nitrogen and oxygen atoms in total. The first-order chi connectivity index (χ1) is 13.0. The predicted octanol–water partition coefficient (Wildman–Crippen LogP) is 1.01. The summed E-state index contributed by atoms with van der Waals surface area (Å²) in [5.74, 6) is -1.19. The van der Waals surface area contributed by atoms with Crippen molar-refractivity contribution < 1.29 is 33.3 Å². The fourth-order valence-corrected chi connectivity index (χ4v) is 4.57. The van der Waals surface area contributed by atoms with E-state index in [0.717, 1.165) is 11.1 Å². The molecule has 1 amide bonds. The molecule has 3 atom stereocenters. The topological polar surface area (TPSA) is 91.4 Å². The summed E-state index contributed by atoms with van der Waals surface area (Å²) in [6.07, 6.45) is 1.07. The number of piperidine rings is 1. The van der Waals surface area contributed by atoms with Crippen molar-refractivity contribution in [3.63, 3.8) is 0 Å². The Balaban J connectivity index is 1.79. The fraction of sp³-hybridized carbons (Fsp3) is 0.526. The average Bonchev–Trinajstić information content (AvgIpc) is 3.03. The Bertz CT molecular complexity index is 836. The van der Waals surface area contributed by atoms with Crippen molar-refractivity contribution in [3.05, 3.63) is 23.3 Å². The number of rotatable bonds is 3. The smallest absolute Gasteiger partial charge is 0.360 e. The van der Waals surface area contributed by atoms with E-state index in [1.54, 1.807) is 19.1 Å². The standard InChI is InChI=1S/C19H21NO7/c1-24-14-6-10-4-5-20-13(12(10)9-15(14)25-2)7-11-8-16(21)27-19(11,17(20)22)18(23)26-3/h6,9,11,13H,4-5,7-8H2,1-3H3. The van der Waals surface area contributed by atoms with Gasteiger partial charge in [0.1, 0.15) is 0 Å². The van der Waals surface area contributed by atoms with Crippen LogP contribution in [0.2, 0.25) is 0 Å². The van der Waals surface area contributed by atoms with Gasteiger partial charge in [-0.15, -0.1) is 0 Å². The van der Waals surface area contributed by atoms with Gasteiger partial charge in [0.2, 0.25) is 0 Å². The molecule has 0 radical (unpaired) electrons. The summed E-state index contributed by atoms with van der Waals surface area (Å²) in [4.78, 5) is 39.3. The minimum atomic E-state index is -1.85. The van der Waals surface area contributed by atoms with Crippen LogP contribution in [0.3, 0.4) is 0 Å². The molecule has 0 bridgehead atoms. The first-order valence-electron chi connectivity index (χ1n) is 8.82. The third-order valence-electron chi connectivity index (χ3n) is 5.84. The Labute approximate surface area is 156 Å². The Hall–Kier alpha value is -2.77. The Morgan fingerprint density at radius 3 is 2.56 bits per heavy atom. The number of nitrogens with zero attached hydrogens (tertiary/aromatic N) is 1. The van der Waals surface area contributed by atoms with Crippen LogP contribution in [0, 0.1) is 5.92 Å². The maximum Gasteiger partial charge on any atom is 0.360 e. The second-order valence-corrected chi connectivity index (χ2v) is 7.01. The lowest BCUT2D eigenvalue weighted by Gasteiger charge is -2.47. The molecule has 8 heteroatoms. The van der Waals surface area contributed by atoms with E-state index in [0.29, 0.717) is 30.9 Å². The fourth-order valence-electron chi connectivity index (χ4n) is 4.57. The molecule has 3 aliphatic heterocycles. The molecular formula is C19H21NO7. The van der Waals surface area contributed by atoms with E-state index < -0.39 is 29.4 Å². The Kier molecular flexibility index (Phi) is 4.01. The largest absolute Gasteiger partial charge is 0.493 e. The van der Waals surface area contributed by atoms with E-state index in [1.165, 1.54) is 7.11 Å².